The lowest BCUT2D eigenvalue weighted by Gasteiger charge is -2.11. The Bertz CT molecular complexity index is 1540. The van der Waals surface area contributed by atoms with Crippen LogP contribution in [0.15, 0.2) is 66.2 Å². The Balaban J connectivity index is 1.30. The second-order valence-electron chi connectivity index (χ2n) is 8.84. The SMILES string of the molecule is Cc1nc(C(C)C)c(-c2cnnc(Nc3ccc(C(=O)Nc4cc(-c5cccs5)ccc4N)cc3)n2)[nH]1. The Morgan fingerprint density at radius 1 is 1.08 bits per heavy atom. The summed E-state index contributed by atoms with van der Waals surface area (Å²) in [6.07, 6.45) is 1.61. The molecule has 0 aliphatic carbocycles. The first-order valence-corrected chi connectivity index (χ1v) is 12.6. The van der Waals surface area contributed by atoms with Gasteiger partial charge in [0, 0.05) is 16.1 Å². The third-order valence-electron chi connectivity index (χ3n) is 5.72. The average Bonchev–Trinajstić information content (AvgIpc) is 3.56. The van der Waals surface area contributed by atoms with Crippen molar-refractivity contribution in [3.05, 3.63) is 83.3 Å². The molecule has 0 saturated heterocycles. The second kappa shape index (κ2) is 10.2. The lowest BCUT2D eigenvalue weighted by atomic mass is 10.1. The lowest BCUT2D eigenvalue weighted by Crippen LogP contribution is -2.13. The topological polar surface area (TPSA) is 134 Å². The lowest BCUT2D eigenvalue weighted by molar-refractivity contribution is 0.102. The van der Waals surface area contributed by atoms with E-state index in [1.807, 2.05) is 36.6 Å². The normalized spacial score (nSPS) is 11.0. The van der Waals surface area contributed by atoms with Crippen molar-refractivity contribution in [3.63, 3.8) is 0 Å². The number of hydrogen-bond acceptors (Lipinski definition) is 8. The van der Waals surface area contributed by atoms with Gasteiger partial charge in [-0.2, -0.15) is 5.10 Å². The van der Waals surface area contributed by atoms with Gasteiger partial charge >= 0.3 is 0 Å². The number of rotatable bonds is 7. The third-order valence-corrected chi connectivity index (χ3v) is 6.64. The molecule has 0 aliphatic rings. The quantitative estimate of drug-likeness (QED) is 0.197. The van der Waals surface area contributed by atoms with Crippen LogP contribution in [0, 0.1) is 6.92 Å². The number of nitrogen functional groups attached to an aromatic ring is 1. The van der Waals surface area contributed by atoms with E-state index in [4.69, 9.17) is 5.73 Å². The summed E-state index contributed by atoms with van der Waals surface area (Å²) < 4.78 is 0. The molecule has 0 unspecified atom stereocenters. The minimum atomic E-state index is -0.252. The van der Waals surface area contributed by atoms with Gasteiger partial charge in [-0.25, -0.2) is 9.97 Å². The molecule has 9 nitrogen and oxygen atoms in total. The van der Waals surface area contributed by atoms with E-state index < -0.39 is 0 Å². The number of aromatic amines is 1. The number of imidazole rings is 1. The summed E-state index contributed by atoms with van der Waals surface area (Å²) in [4.78, 5) is 26.4. The molecule has 0 saturated carbocycles. The van der Waals surface area contributed by atoms with Gasteiger partial charge in [-0.1, -0.05) is 26.0 Å². The van der Waals surface area contributed by atoms with Gasteiger partial charge in [0.1, 0.15) is 11.5 Å². The minimum absolute atomic E-state index is 0.235. The maximum Gasteiger partial charge on any atom is 0.255 e. The van der Waals surface area contributed by atoms with Crippen molar-refractivity contribution in [3.8, 4) is 21.8 Å². The molecule has 10 heteroatoms. The van der Waals surface area contributed by atoms with Gasteiger partial charge in [0.05, 0.1) is 29.0 Å². The Morgan fingerprint density at radius 2 is 1.89 bits per heavy atom. The molecule has 5 aromatic rings. The molecule has 5 rings (SSSR count). The van der Waals surface area contributed by atoms with Crippen molar-refractivity contribution in [2.45, 2.75) is 26.7 Å². The number of aryl methyl sites for hydroxylation is 1. The predicted octanol–water partition coefficient (Wildman–Crippen LogP) is 6.00. The highest BCUT2D eigenvalue weighted by atomic mass is 32.1. The zero-order valence-corrected chi connectivity index (χ0v) is 21.4. The van der Waals surface area contributed by atoms with E-state index in [1.54, 1.807) is 47.9 Å². The number of nitrogens with zero attached hydrogens (tertiary/aromatic N) is 4. The Hall–Kier alpha value is -4.57. The number of H-pyrrole nitrogens is 1. The smallest absolute Gasteiger partial charge is 0.255 e. The summed E-state index contributed by atoms with van der Waals surface area (Å²) >= 11 is 1.63. The van der Waals surface area contributed by atoms with E-state index in [1.165, 1.54) is 0 Å². The van der Waals surface area contributed by atoms with Crippen LogP contribution in [0.4, 0.5) is 23.0 Å². The van der Waals surface area contributed by atoms with Gasteiger partial charge in [-0.3, -0.25) is 4.79 Å². The van der Waals surface area contributed by atoms with Crippen molar-refractivity contribution in [1.82, 2.24) is 25.1 Å². The number of anilines is 4. The molecule has 3 heterocycles. The maximum atomic E-state index is 12.9. The molecular weight excluding hydrogens is 484 g/mol. The summed E-state index contributed by atoms with van der Waals surface area (Å²) in [5.41, 5.74) is 11.8. The number of carbonyl (C=O) groups excluding carboxylic acids is 1. The highest BCUT2D eigenvalue weighted by Crippen LogP contribution is 2.31. The largest absolute Gasteiger partial charge is 0.397 e. The van der Waals surface area contributed by atoms with Crippen LogP contribution in [0.25, 0.3) is 21.8 Å². The maximum absolute atomic E-state index is 12.9. The number of nitrogens with one attached hydrogen (secondary N) is 3. The molecular formula is C27H26N8OS. The number of benzene rings is 2. The van der Waals surface area contributed by atoms with Crippen LogP contribution in [0.3, 0.4) is 0 Å². The number of aromatic nitrogens is 5. The molecule has 5 N–H and O–H groups in total. The zero-order chi connectivity index (χ0) is 25.9. The molecule has 0 aliphatic heterocycles. The number of carbonyl (C=O) groups is 1. The van der Waals surface area contributed by atoms with Gasteiger partial charge in [-0.15, -0.1) is 16.4 Å². The first-order valence-electron chi connectivity index (χ1n) is 11.8. The number of nitrogens with two attached hydrogens (primary N) is 1. The molecule has 0 fully saturated rings. The van der Waals surface area contributed by atoms with Crippen LogP contribution < -0.4 is 16.4 Å². The molecule has 3 aromatic heterocycles. The van der Waals surface area contributed by atoms with Crippen LogP contribution in [-0.2, 0) is 0 Å². The number of amides is 1. The van der Waals surface area contributed by atoms with E-state index in [9.17, 15) is 4.79 Å². The Kier molecular flexibility index (Phi) is 6.65. The summed E-state index contributed by atoms with van der Waals surface area (Å²) in [5, 5.41) is 16.3. The van der Waals surface area contributed by atoms with Crippen LogP contribution in [0.1, 0.15) is 41.6 Å². The van der Waals surface area contributed by atoms with E-state index in [2.05, 4.69) is 49.6 Å². The fraction of sp³-hybridized carbons (Fsp3) is 0.148. The van der Waals surface area contributed by atoms with Gasteiger partial charge in [0.2, 0.25) is 5.95 Å². The van der Waals surface area contributed by atoms with Crippen LogP contribution in [0.5, 0.6) is 0 Å². The highest BCUT2D eigenvalue weighted by Gasteiger charge is 2.16. The minimum Gasteiger partial charge on any atom is -0.397 e. The van der Waals surface area contributed by atoms with Gasteiger partial charge in [0.15, 0.2) is 0 Å². The monoisotopic (exact) mass is 510 g/mol. The van der Waals surface area contributed by atoms with E-state index >= 15 is 0 Å². The Morgan fingerprint density at radius 3 is 2.62 bits per heavy atom. The van der Waals surface area contributed by atoms with Crippen LogP contribution >= 0.6 is 11.3 Å². The first-order chi connectivity index (χ1) is 17.9. The second-order valence-corrected chi connectivity index (χ2v) is 9.79. The van der Waals surface area contributed by atoms with Gasteiger partial charge in [-0.05, 0) is 66.2 Å². The van der Waals surface area contributed by atoms with Gasteiger partial charge in [0.25, 0.3) is 5.91 Å². The van der Waals surface area contributed by atoms with E-state index in [-0.39, 0.29) is 11.8 Å². The molecule has 2 aromatic carbocycles. The first kappa shape index (κ1) is 24.1. The fourth-order valence-electron chi connectivity index (χ4n) is 3.89. The molecule has 0 atom stereocenters. The molecule has 0 bridgehead atoms. The molecule has 186 valence electrons. The third kappa shape index (κ3) is 5.34. The number of thiophene rings is 1. The van der Waals surface area contributed by atoms with Crippen LogP contribution in [0.2, 0.25) is 0 Å². The standard InChI is InChI=1S/C27H26N8OS/c1-15(2)24-25(31-16(3)30-24)22-14-29-35-27(34-22)32-19-9-6-17(7-10-19)26(36)33-21-13-18(8-11-20(21)28)23-5-4-12-37-23/h4-15H,28H2,1-3H3,(H,30,31)(H,33,36)(H,32,34,35). The van der Waals surface area contributed by atoms with E-state index in [0.717, 1.165) is 33.3 Å². The van der Waals surface area contributed by atoms with Crippen LogP contribution in [-0.4, -0.2) is 31.1 Å². The predicted molar refractivity (Wildman–Crippen MR) is 148 cm³/mol. The Labute approximate surface area is 218 Å². The molecule has 37 heavy (non-hydrogen) atoms. The van der Waals surface area contributed by atoms with Crippen molar-refractivity contribution in [1.29, 1.82) is 0 Å². The summed E-state index contributed by atoms with van der Waals surface area (Å²) in [6.45, 7) is 6.08. The highest BCUT2D eigenvalue weighted by molar-refractivity contribution is 7.13. The van der Waals surface area contributed by atoms with Gasteiger partial charge < -0.3 is 21.4 Å². The molecule has 0 radical (unpaired) electrons. The zero-order valence-electron chi connectivity index (χ0n) is 20.6. The summed E-state index contributed by atoms with van der Waals surface area (Å²) in [5.74, 6) is 1.14. The van der Waals surface area contributed by atoms with Crippen molar-refractivity contribution in [2.24, 2.45) is 0 Å². The summed E-state index contributed by atoms with van der Waals surface area (Å²) in [6, 6.07) is 16.7. The molecule has 0 spiro atoms. The molecule has 1 amide bonds. The van der Waals surface area contributed by atoms with E-state index in [0.29, 0.717) is 28.6 Å². The fourth-order valence-corrected chi connectivity index (χ4v) is 4.61. The van der Waals surface area contributed by atoms with Crippen molar-refractivity contribution < 1.29 is 4.79 Å². The summed E-state index contributed by atoms with van der Waals surface area (Å²) in [7, 11) is 0. The number of hydrogen-bond donors (Lipinski definition) is 4. The average molecular weight is 511 g/mol. The van der Waals surface area contributed by atoms with Crippen molar-refractivity contribution in [2.75, 3.05) is 16.4 Å². The van der Waals surface area contributed by atoms with Crippen molar-refractivity contribution >= 4 is 40.3 Å².